The number of anilines is 1. The van der Waals surface area contributed by atoms with E-state index in [1.165, 1.54) is 37.7 Å². The molecular weight excluding hydrogens is 434 g/mol. The summed E-state index contributed by atoms with van der Waals surface area (Å²) in [6.07, 6.45) is 11.7. The van der Waals surface area contributed by atoms with Crippen LogP contribution in [0.4, 0.5) is 5.69 Å². The van der Waals surface area contributed by atoms with Crippen LogP contribution in [0.2, 0.25) is 0 Å². The third kappa shape index (κ3) is 8.41. The summed E-state index contributed by atoms with van der Waals surface area (Å²) in [5, 5.41) is 22.9. The third-order valence-electron chi connectivity index (χ3n) is 6.07. The molecular formula is C26H37N3O5. The number of aryl methyl sites for hydroxylation is 1. The van der Waals surface area contributed by atoms with Gasteiger partial charge >= 0.3 is 5.97 Å². The molecule has 8 nitrogen and oxygen atoms in total. The van der Waals surface area contributed by atoms with E-state index in [1.807, 2.05) is 12.1 Å². The van der Waals surface area contributed by atoms with Gasteiger partial charge in [0.1, 0.15) is 0 Å². The van der Waals surface area contributed by atoms with E-state index in [2.05, 4.69) is 36.6 Å². The number of amides is 1. The van der Waals surface area contributed by atoms with E-state index >= 15 is 0 Å². The van der Waals surface area contributed by atoms with Gasteiger partial charge in [-0.1, -0.05) is 51.3 Å². The second-order valence-electron chi connectivity index (χ2n) is 8.76. The van der Waals surface area contributed by atoms with Crippen molar-refractivity contribution in [3.63, 3.8) is 0 Å². The van der Waals surface area contributed by atoms with Crippen molar-refractivity contribution in [2.75, 3.05) is 11.9 Å². The molecule has 1 aliphatic rings. The number of rotatable bonds is 9. The van der Waals surface area contributed by atoms with Gasteiger partial charge in [0.15, 0.2) is 12.5 Å². The number of aromatic nitrogens is 1. The number of nitrogens with one attached hydrogen (secondary N) is 1. The van der Waals surface area contributed by atoms with Gasteiger partial charge in [0.05, 0.1) is 17.2 Å². The van der Waals surface area contributed by atoms with Crippen molar-refractivity contribution in [1.29, 1.82) is 0 Å². The summed E-state index contributed by atoms with van der Waals surface area (Å²) >= 11 is 0. The molecule has 0 spiro atoms. The van der Waals surface area contributed by atoms with Gasteiger partial charge in [-0.25, -0.2) is 4.79 Å². The first-order chi connectivity index (χ1) is 16.4. The molecule has 8 heteroatoms. The number of pyridine rings is 1. The quantitative estimate of drug-likeness (QED) is 0.480. The van der Waals surface area contributed by atoms with E-state index in [0.717, 1.165) is 54.4 Å². The van der Waals surface area contributed by atoms with Crippen LogP contribution >= 0.6 is 0 Å². The van der Waals surface area contributed by atoms with Gasteiger partial charge in [0, 0.05) is 11.1 Å². The molecule has 3 rings (SSSR count). The van der Waals surface area contributed by atoms with Crippen LogP contribution in [0.3, 0.4) is 0 Å². The fourth-order valence-electron chi connectivity index (χ4n) is 4.35. The minimum absolute atomic E-state index is 0.112. The number of quaternary nitrogens is 1. The molecule has 1 aromatic carbocycles. The average molecular weight is 472 g/mol. The molecule has 0 saturated heterocycles. The molecule has 0 radical (unpaired) electrons. The van der Waals surface area contributed by atoms with Gasteiger partial charge in [-0.3, -0.25) is 9.78 Å². The van der Waals surface area contributed by atoms with Crippen molar-refractivity contribution < 1.29 is 29.9 Å². The predicted octanol–water partition coefficient (Wildman–Crippen LogP) is 2.19. The molecule has 2 aromatic rings. The number of unbranched alkanes of at least 4 members (excludes halogenated alkanes) is 1. The van der Waals surface area contributed by atoms with Gasteiger partial charge in [-0.15, -0.1) is 0 Å². The van der Waals surface area contributed by atoms with Gasteiger partial charge in [0.25, 0.3) is 5.91 Å². The standard InChI is InChI=1S/C24H35N3O.C2H2O4/c1-3-5-15-21-19(11-4-2)24(20-14-9-10-16-22(20)26-21)27-23(28)17-25-18-12-7-6-8-13-18;3-1(4)2(5)6/h9-10,14,16,18,25H,3-8,11-13,15,17H2,1-2H3,(H,26,27,28);(H,3,4)(H,5,6). The number of hydrogen-bond donors (Lipinski definition) is 3. The maximum absolute atomic E-state index is 12.8. The second-order valence-corrected chi connectivity index (χ2v) is 8.76. The number of nitrogens with zero attached hydrogens (tertiary/aromatic N) is 1. The van der Waals surface area contributed by atoms with Crippen LogP contribution in [0.25, 0.3) is 10.9 Å². The van der Waals surface area contributed by atoms with Crippen molar-refractivity contribution in [3.8, 4) is 0 Å². The van der Waals surface area contributed by atoms with Gasteiger partial charge in [-0.2, -0.15) is 0 Å². The molecule has 1 aromatic heterocycles. The van der Waals surface area contributed by atoms with E-state index in [1.54, 1.807) is 0 Å². The predicted molar refractivity (Wildman–Crippen MR) is 129 cm³/mol. The maximum Gasteiger partial charge on any atom is 0.351 e. The summed E-state index contributed by atoms with van der Waals surface area (Å²) in [5.74, 6) is -3.90. The highest BCUT2D eigenvalue weighted by molar-refractivity contribution is 6.26. The Kier molecular flexibility index (Phi) is 11.5. The molecule has 4 N–H and O–H groups in total. The Labute approximate surface area is 201 Å². The highest BCUT2D eigenvalue weighted by Gasteiger charge is 2.20. The normalized spacial score (nSPS) is 13.7. The Balaban J connectivity index is 0.000000604. The lowest BCUT2D eigenvalue weighted by Gasteiger charge is -2.20. The zero-order valence-corrected chi connectivity index (χ0v) is 20.3. The fourth-order valence-corrected chi connectivity index (χ4v) is 4.35. The summed E-state index contributed by atoms with van der Waals surface area (Å²) in [7, 11) is 0. The Hall–Kier alpha value is -3.00. The molecule has 34 heavy (non-hydrogen) atoms. The van der Waals surface area contributed by atoms with Gasteiger partial charge in [0.2, 0.25) is 0 Å². The molecule has 0 unspecified atom stereocenters. The maximum atomic E-state index is 12.8. The molecule has 1 aliphatic carbocycles. The number of fused-ring (bicyclic) bond motifs is 1. The average Bonchev–Trinajstić information content (AvgIpc) is 2.84. The number of aliphatic carboxylic acids is 2. The lowest BCUT2D eigenvalue weighted by molar-refractivity contribution is -0.681. The van der Waals surface area contributed by atoms with Crippen LogP contribution in [0, 0.1) is 0 Å². The lowest BCUT2D eigenvalue weighted by Crippen LogP contribution is -2.91. The fraction of sp³-hybridized carbons (Fsp3) is 0.538. The largest absolute Gasteiger partial charge is 0.539 e. The zero-order chi connectivity index (χ0) is 24.9. The van der Waals surface area contributed by atoms with Crippen LogP contribution in [0.5, 0.6) is 0 Å². The van der Waals surface area contributed by atoms with E-state index in [-0.39, 0.29) is 5.91 Å². The molecule has 1 amide bonds. The first-order valence-corrected chi connectivity index (χ1v) is 12.3. The number of para-hydroxylation sites is 1. The van der Waals surface area contributed by atoms with E-state index in [0.29, 0.717) is 12.6 Å². The number of carboxylic acids is 2. The van der Waals surface area contributed by atoms with Crippen LogP contribution in [-0.4, -0.2) is 40.5 Å². The first kappa shape index (κ1) is 27.2. The molecule has 0 bridgehead atoms. The van der Waals surface area contributed by atoms with Crippen molar-refractivity contribution in [2.45, 2.75) is 84.1 Å². The van der Waals surface area contributed by atoms with Crippen molar-refractivity contribution >= 4 is 34.4 Å². The lowest BCUT2D eigenvalue weighted by atomic mass is 9.95. The SMILES string of the molecule is CCCCc1nc2ccccc2c(NC(=O)C[NH2+]C2CCCCC2)c1CCC.O=C([O-])C(=O)O. The third-order valence-corrected chi connectivity index (χ3v) is 6.07. The van der Waals surface area contributed by atoms with Crippen LogP contribution in [0.15, 0.2) is 24.3 Å². The second kappa shape index (κ2) is 14.3. The summed E-state index contributed by atoms with van der Waals surface area (Å²) in [6.45, 7) is 4.92. The molecule has 186 valence electrons. The van der Waals surface area contributed by atoms with Crippen LogP contribution in [0.1, 0.15) is 76.5 Å². The van der Waals surface area contributed by atoms with Gasteiger partial charge < -0.3 is 25.6 Å². The molecule has 1 heterocycles. The highest BCUT2D eigenvalue weighted by Crippen LogP contribution is 2.30. The summed E-state index contributed by atoms with van der Waals surface area (Å²) < 4.78 is 0. The Morgan fingerprint density at radius 2 is 1.76 bits per heavy atom. The minimum atomic E-state index is -2.07. The zero-order valence-electron chi connectivity index (χ0n) is 20.3. The molecule has 1 saturated carbocycles. The van der Waals surface area contributed by atoms with Gasteiger partial charge in [-0.05, 0) is 56.6 Å². The van der Waals surface area contributed by atoms with Crippen LogP contribution in [-0.2, 0) is 27.2 Å². The smallest absolute Gasteiger partial charge is 0.351 e. The van der Waals surface area contributed by atoms with Crippen molar-refractivity contribution in [3.05, 3.63) is 35.5 Å². The molecule has 0 atom stereocenters. The monoisotopic (exact) mass is 471 g/mol. The van der Waals surface area contributed by atoms with Crippen molar-refractivity contribution in [2.24, 2.45) is 0 Å². The Morgan fingerprint density at radius 1 is 1.09 bits per heavy atom. The number of carboxylic acid groups (broad SMARTS) is 2. The first-order valence-electron chi connectivity index (χ1n) is 12.3. The van der Waals surface area contributed by atoms with Crippen molar-refractivity contribution in [1.82, 2.24) is 4.98 Å². The van der Waals surface area contributed by atoms with E-state index in [4.69, 9.17) is 24.8 Å². The number of nitrogens with two attached hydrogens (primary N) is 1. The molecule has 0 aliphatic heterocycles. The highest BCUT2D eigenvalue weighted by atomic mass is 16.4. The van der Waals surface area contributed by atoms with E-state index in [9.17, 15) is 4.79 Å². The Bertz CT molecular complexity index is 958. The number of carbonyl (C=O) groups is 3. The summed E-state index contributed by atoms with van der Waals surface area (Å²) in [5.41, 5.74) is 4.38. The molecule has 1 fully saturated rings. The number of benzene rings is 1. The Morgan fingerprint density at radius 3 is 2.38 bits per heavy atom. The number of hydrogen-bond acceptors (Lipinski definition) is 5. The summed E-state index contributed by atoms with van der Waals surface area (Å²) in [6, 6.07) is 8.83. The minimum Gasteiger partial charge on any atom is -0.539 e. The summed E-state index contributed by atoms with van der Waals surface area (Å²) in [4.78, 5) is 35.8. The van der Waals surface area contributed by atoms with Crippen LogP contribution < -0.4 is 15.7 Å². The van der Waals surface area contributed by atoms with E-state index < -0.39 is 11.9 Å². The topological polar surface area (TPSA) is 136 Å². The number of carbonyl (C=O) groups excluding carboxylic acids is 2.